The zero-order valence-corrected chi connectivity index (χ0v) is 18.6. The van der Waals surface area contributed by atoms with E-state index >= 15 is 0 Å². The molecule has 1 atom stereocenters. The molecule has 0 aliphatic carbocycles. The first kappa shape index (κ1) is 23.1. The fraction of sp³-hybridized carbons (Fsp3) is 0.450. The van der Waals surface area contributed by atoms with Crippen molar-refractivity contribution < 1.29 is 23.0 Å². The fourth-order valence-corrected chi connectivity index (χ4v) is 4.38. The molecule has 0 bridgehead atoms. The number of β-amino-alcohol motifs (C(OH)–C–C–N with tert-alkyl or cyclic N) is 1. The number of pyridine rings is 1. The van der Waals surface area contributed by atoms with Gasteiger partial charge >= 0.3 is 6.18 Å². The zero-order valence-electron chi connectivity index (χ0n) is 16.3. The van der Waals surface area contributed by atoms with E-state index in [0.29, 0.717) is 49.3 Å². The van der Waals surface area contributed by atoms with Crippen LogP contribution < -0.4 is 9.64 Å². The molecule has 1 aromatic heterocycles. The van der Waals surface area contributed by atoms with Gasteiger partial charge in [0.1, 0.15) is 24.3 Å². The van der Waals surface area contributed by atoms with Crippen LogP contribution in [0.15, 0.2) is 34.9 Å². The summed E-state index contributed by atoms with van der Waals surface area (Å²) in [5.41, 5.74) is 0.120. The van der Waals surface area contributed by atoms with Crippen LogP contribution in [-0.2, 0) is 6.18 Å². The molecule has 1 unspecified atom stereocenters. The summed E-state index contributed by atoms with van der Waals surface area (Å²) in [4.78, 5) is 7.98. The van der Waals surface area contributed by atoms with E-state index < -0.39 is 17.8 Å². The Bertz CT molecular complexity index is 836. The zero-order chi connectivity index (χ0) is 21.9. The van der Waals surface area contributed by atoms with Crippen molar-refractivity contribution in [1.82, 2.24) is 9.88 Å². The standard InChI is InChI=1S/C20H22BrClF3N3O2/c1-13-8-15(22)9-17(21)19(13)30-12-16(29)11-27-4-6-28(7-5-27)18-3-2-14(10-26-18)20(23,24)25/h2-3,8-10,16,29H,4-7,11-12H2,1H3. The molecule has 0 radical (unpaired) electrons. The number of benzene rings is 1. The Morgan fingerprint density at radius 3 is 2.50 bits per heavy atom. The fourth-order valence-electron chi connectivity index (χ4n) is 3.30. The van der Waals surface area contributed by atoms with Crippen molar-refractivity contribution in [1.29, 1.82) is 0 Å². The van der Waals surface area contributed by atoms with E-state index in [1.807, 2.05) is 11.8 Å². The van der Waals surface area contributed by atoms with Gasteiger partial charge in [-0.3, -0.25) is 4.90 Å². The van der Waals surface area contributed by atoms with Crippen LogP contribution in [0.25, 0.3) is 0 Å². The Morgan fingerprint density at radius 1 is 1.23 bits per heavy atom. The quantitative estimate of drug-likeness (QED) is 0.627. The number of aliphatic hydroxyl groups excluding tert-OH is 1. The number of anilines is 1. The normalized spacial score (nSPS) is 16.6. The van der Waals surface area contributed by atoms with Gasteiger partial charge in [-0.15, -0.1) is 0 Å². The van der Waals surface area contributed by atoms with Crippen LogP contribution in [0.2, 0.25) is 5.02 Å². The van der Waals surface area contributed by atoms with Crippen molar-refractivity contribution in [2.24, 2.45) is 0 Å². The minimum Gasteiger partial charge on any atom is -0.489 e. The molecule has 1 aliphatic rings. The molecule has 0 spiro atoms. The molecule has 1 N–H and O–H groups in total. The summed E-state index contributed by atoms with van der Waals surface area (Å²) in [6.45, 7) is 5.04. The molecular weight excluding hydrogens is 487 g/mol. The summed E-state index contributed by atoms with van der Waals surface area (Å²) in [7, 11) is 0. The number of ether oxygens (including phenoxy) is 1. The number of aromatic nitrogens is 1. The second-order valence-corrected chi connectivity index (χ2v) is 8.48. The highest BCUT2D eigenvalue weighted by molar-refractivity contribution is 9.10. The summed E-state index contributed by atoms with van der Waals surface area (Å²) in [5, 5.41) is 11.0. The average molecular weight is 509 g/mol. The van der Waals surface area contributed by atoms with Crippen LogP contribution >= 0.6 is 27.5 Å². The molecule has 3 rings (SSSR count). The summed E-state index contributed by atoms with van der Waals surface area (Å²) in [6.07, 6.45) is -4.20. The van der Waals surface area contributed by atoms with Gasteiger partial charge in [-0.05, 0) is 52.7 Å². The van der Waals surface area contributed by atoms with Gasteiger partial charge in [-0.25, -0.2) is 4.98 Å². The van der Waals surface area contributed by atoms with E-state index in [1.54, 1.807) is 12.1 Å². The van der Waals surface area contributed by atoms with Crippen LogP contribution in [0.5, 0.6) is 5.75 Å². The Morgan fingerprint density at radius 2 is 1.93 bits per heavy atom. The van der Waals surface area contributed by atoms with Gasteiger partial charge in [0.25, 0.3) is 0 Å². The van der Waals surface area contributed by atoms with Gasteiger partial charge in [-0.1, -0.05) is 11.6 Å². The molecule has 2 heterocycles. The van der Waals surface area contributed by atoms with Crippen molar-refractivity contribution in [2.45, 2.75) is 19.2 Å². The topological polar surface area (TPSA) is 48.8 Å². The maximum atomic E-state index is 12.7. The number of nitrogens with zero attached hydrogens (tertiary/aromatic N) is 3. The van der Waals surface area contributed by atoms with E-state index in [9.17, 15) is 18.3 Å². The van der Waals surface area contributed by atoms with Crippen molar-refractivity contribution >= 4 is 33.3 Å². The first-order valence-corrected chi connectivity index (χ1v) is 10.6. The third-order valence-electron chi connectivity index (χ3n) is 4.85. The maximum Gasteiger partial charge on any atom is 0.417 e. The predicted molar refractivity (Wildman–Crippen MR) is 113 cm³/mol. The molecule has 0 amide bonds. The summed E-state index contributed by atoms with van der Waals surface area (Å²) < 4.78 is 44.5. The predicted octanol–water partition coefficient (Wildman–Crippen LogP) is 4.39. The number of halogens is 5. The van der Waals surface area contributed by atoms with Gasteiger partial charge in [0, 0.05) is 43.9 Å². The Balaban J connectivity index is 1.46. The Labute approximate surface area is 186 Å². The minimum absolute atomic E-state index is 0.141. The van der Waals surface area contributed by atoms with Gasteiger partial charge in [0.2, 0.25) is 0 Å². The largest absolute Gasteiger partial charge is 0.489 e. The first-order chi connectivity index (χ1) is 14.1. The van der Waals surface area contributed by atoms with Crippen molar-refractivity contribution in [3.8, 4) is 5.75 Å². The second-order valence-electron chi connectivity index (χ2n) is 7.19. The molecule has 2 aromatic rings. The molecule has 1 aromatic carbocycles. The van der Waals surface area contributed by atoms with E-state index in [0.717, 1.165) is 22.3 Å². The number of rotatable bonds is 6. The van der Waals surface area contributed by atoms with Gasteiger partial charge in [-0.2, -0.15) is 13.2 Å². The number of aryl methyl sites for hydroxylation is 1. The highest BCUT2D eigenvalue weighted by atomic mass is 79.9. The van der Waals surface area contributed by atoms with Crippen LogP contribution in [0, 0.1) is 6.92 Å². The molecule has 1 fully saturated rings. The van der Waals surface area contributed by atoms with Crippen molar-refractivity contribution in [3.05, 3.63) is 51.1 Å². The van der Waals surface area contributed by atoms with Crippen LogP contribution in [0.1, 0.15) is 11.1 Å². The molecule has 1 saturated heterocycles. The average Bonchev–Trinajstić information content (AvgIpc) is 2.67. The smallest absolute Gasteiger partial charge is 0.417 e. The van der Waals surface area contributed by atoms with E-state index in [1.165, 1.54) is 6.07 Å². The summed E-state index contributed by atoms with van der Waals surface area (Å²) in [5.74, 6) is 1.17. The van der Waals surface area contributed by atoms with E-state index in [-0.39, 0.29) is 6.61 Å². The number of aliphatic hydroxyl groups is 1. The lowest BCUT2D eigenvalue weighted by atomic mass is 10.2. The monoisotopic (exact) mass is 507 g/mol. The summed E-state index contributed by atoms with van der Waals surface area (Å²) in [6, 6.07) is 5.98. The van der Waals surface area contributed by atoms with Gasteiger partial charge < -0.3 is 14.7 Å². The summed E-state index contributed by atoms with van der Waals surface area (Å²) >= 11 is 9.41. The third kappa shape index (κ3) is 6.00. The molecular formula is C20H22BrClF3N3O2. The maximum absolute atomic E-state index is 12.7. The minimum atomic E-state index is -4.39. The van der Waals surface area contributed by atoms with Gasteiger partial charge in [0.15, 0.2) is 0 Å². The van der Waals surface area contributed by atoms with Crippen LogP contribution in [0.3, 0.4) is 0 Å². The van der Waals surface area contributed by atoms with Crippen molar-refractivity contribution in [2.75, 3.05) is 44.2 Å². The number of hydrogen-bond acceptors (Lipinski definition) is 5. The van der Waals surface area contributed by atoms with Crippen LogP contribution in [0.4, 0.5) is 19.0 Å². The molecule has 5 nitrogen and oxygen atoms in total. The van der Waals surface area contributed by atoms with Crippen molar-refractivity contribution in [3.63, 3.8) is 0 Å². The lowest BCUT2D eigenvalue weighted by Gasteiger charge is -2.36. The number of alkyl halides is 3. The lowest BCUT2D eigenvalue weighted by Crippen LogP contribution is -2.49. The SMILES string of the molecule is Cc1cc(Cl)cc(Br)c1OCC(O)CN1CCN(c2ccc(C(F)(F)F)cn2)CC1. The third-order valence-corrected chi connectivity index (χ3v) is 5.66. The molecule has 0 saturated carbocycles. The van der Waals surface area contributed by atoms with Gasteiger partial charge in [0.05, 0.1) is 10.0 Å². The molecule has 1 aliphatic heterocycles. The number of piperazine rings is 1. The second kappa shape index (κ2) is 9.72. The first-order valence-electron chi connectivity index (χ1n) is 9.40. The Hall–Kier alpha value is -1.55. The highest BCUT2D eigenvalue weighted by Gasteiger charge is 2.31. The highest BCUT2D eigenvalue weighted by Crippen LogP contribution is 2.32. The molecule has 10 heteroatoms. The van der Waals surface area contributed by atoms with E-state index in [4.69, 9.17) is 16.3 Å². The molecule has 164 valence electrons. The number of hydrogen-bond donors (Lipinski definition) is 1. The molecule has 30 heavy (non-hydrogen) atoms. The Kier molecular flexibility index (Phi) is 7.49. The lowest BCUT2D eigenvalue weighted by molar-refractivity contribution is -0.137. The van der Waals surface area contributed by atoms with Crippen LogP contribution in [-0.4, -0.2) is 60.4 Å². The van der Waals surface area contributed by atoms with E-state index in [2.05, 4.69) is 25.8 Å².